The van der Waals surface area contributed by atoms with Gasteiger partial charge in [-0.25, -0.2) is 0 Å². The fraction of sp³-hybridized carbons (Fsp3) is 0.571. The molecule has 0 spiro atoms. The molecule has 0 aliphatic rings. The predicted molar refractivity (Wildman–Crippen MR) is 72.1 cm³/mol. The van der Waals surface area contributed by atoms with Crippen molar-refractivity contribution in [3.05, 3.63) is 34.3 Å². The molecule has 1 unspecified atom stereocenters. The highest BCUT2D eigenvalue weighted by Gasteiger charge is 2.12. The van der Waals surface area contributed by atoms with Crippen molar-refractivity contribution in [3.8, 4) is 0 Å². The van der Waals surface area contributed by atoms with Crippen molar-refractivity contribution in [1.29, 1.82) is 0 Å². The van der Waals surface area contributed by atoms with Crippen molar-refractivity contribution in [2.75, 3.05) is 6.54 Å². The van der Waals surface area contributed by atoms with Crippen LogP contribution in [0.1, 0.15) is 44.4 Å². The first-order valence-electron chi connectivity index (χ1n) is 6.04. The van der Waals surface area contributed by atoms with Gasteiger partial charge in [-0.05, 0) is 43.0 Å². The monoisotopic (exact) mass is 239 g/mol. The van der Waals surface area contributed by atoms with Crippen LogP contribution in [0.2, 0.25) is 5.02 Å². The van der Waals surface area contributed by atoms with E-state index in [1.165, 1.54) is 5.56 Å². The van der Waals surface area contributed by atoms with E-state index in [1.807, 2.05) is 6.07 Å². The first-order chi connectivity index (χ1) is 7.54. The number of hydrogen-bond acceptors (Lipinski definition) is 1. The number of halogens is 1. The van der Waals surface area contributed by atoms with Gasteiger partial charge in [0.1, 0.15) is 0 Å². The van der Waals surface area contributed by atoms with Crippen molar-refractivity contribution >= 4 is 11.6 Å². The Bertz CT molecular complexity index is 334. The number of nitrogens with one attached hydrogen (secondary N) is 1. The van der Waals surface area contributed by atoms with Crippen molar-refractivity contribution in [1.82, 2.24) is 5.32 Å². The Labute approximate surface area is 104 Å². The van der Waals surface area contributed by atoms with Gasteiger partial charge in [0.2, 0.25) is 0 Å². The summed E-state index contributed by atoms with van der Waals surface area (Å²) in [5.74, 6) is 0.694. The van der Waals surface area contributed by atoms with Crippen molar-refractivity contribution in [2.45, 2.75) is 40.2 Å². The van der Waals surface area contributed by atoms with Crippen LogP contribution in [0.5, 0.6) is 0 Å². The molecule has 1 rings (SSSR count). The average molecular weight is 240 g/mol. The normalized spacial score (nSPS) is 13.1. The predicted octanol–water partition coefficient (Wildman–Crippen LogP) is 4.35. The van der Waals surface area contributed by atoms with E-state index in [4.69, 9.17) is 11.6 Å². The molecule has 0 saturated carbocycles. The molecule has 90 valence electrons. The topological polar surface area (TPSA) is 12.0 Å². The number of hydrogen-bond donors (Lipinski definition) is 1. The Morgan fingerprint density at radius 2 is 2.00 bits per heavy atom. The summed E-state index contributed by atoms with van der Waals surface area (Å²) in [7, 11) is 0. The average Bonchev–Trinajstić information content (AvgIpc) is 2.21. The second kappa shape index (κ2) is 6.27. The lowest BCUT2D eigenvalue weighted by molar-refractivity contribution is 0.438. The summed E-state index contributed by atoms with van der Waals surface area (Å²) in [6, 6.07) is 6.76. The van der Waals surface area contributed by atoms with Gasteiger partial charge in [0.05, 0.1) is 0 Å². The van der Waals surface area contributed by atoms with Crippen LogP contribution in [-0.4, -0.2) is 6.54 Å². The lowest BCUT2D eigenvalue weighted by atomic mass is 9.96. The van der Waals surface area contributed by atoms with E-state index >= 15 is 0 Å². The van der Waals surface area contributed by atoms with Gasteiger partial charge < -0.3 is 5.32 Å². The standard InChI is InChI=1S/C14H22ClN/c1-5-16-14(8-10(2)3)12-6-7-13(15)11(4)9-12/h6-7,9-10,14,16H,5,8H2,1-4H3. The van der Waals surface area contributed by atoms with E-state index in [2.05, 4.69) is 45.1 Å². The Kier molecular flexibility index (Phi) is 5.30. The van der Waals surface area contributed by atoms with Gasteiger partial charge in [0.25, 0.3) is 0 Å². The van der Waals surface area contributed by atoms with E-state index in [9.17, 15) is 0 Å². The zero-order chi connectivity index (χ0) is 12.1. The summed E-state index contributed by atoms with van der Waals surface area (Å²) in [4.78, 5) is 0. The maximum Gasteiger partial charge on any atom is 0.0435 e. The number of benzene rings is 1. The Balaban J connectivity index is 2.87. The van der Waals surface area contributed by atoms with E-state index in [-0.39, 0.29) is 0 Å². The zero-order valence-corrected chi connectivity index (χ0v) is 11.4. The van der Waals surface area contributed by atoms with Gasteiger partial charge in [-0.1, -0.05) is 44.5 Å². The highest BCUT2D eigenvalue weighted by molar-refractivity contribution is 6.31. The fourth-order valence-electron chi connectivity index (χ4n) is 1.94. The second-order valence-electron chi connectivity index (χ2n) is 4.75. The first kappa shape index (κ1) is 13.5. The summed E-state index contributed by atoms with van der Waals surface area (Å²) in [6.45, 7) is 9.72. The van der Waals surface area contributed by atoms with Gasteiger partial charge in [-0.3, -0.25) is 0 Å². The molecule has 0 saturated heterocycles. The molecule has 0 aliphatic heterocycles. The van der Waals surface area contributed by atoms with Crippen LogP contribution in [0.15, 0.2) is 18.2 Å². The fourth-order valence-corrected chi connectivity index (χ4v) is 2.06. The molecule has 0 amide bonds. The van der Waals surface area contributed by atoms with Crippen molar-refractivity contribution in [2.24, 2.45) is 5.92 Å². The lowest BCUT2D eigenvalue weighted by Crippen LogP contribution is -2.22. The summed E-state index contributed by atoms with van der Waals surface area (Å²) >= 11 is 6.05. The Morgan fingerprint density at radius 1 is 1.31 bits per heavy atom. The van der Waals surface area contributed by atoms with E-state index in [0.717, 1.165) is 23.6 Å². The van der Waals surface area contributed by atoms with E-state index in [1.54, 1.807) is 0 Å². The molecule has 1 aromatic carbocycles. The molecular weight excluding hydrogens is 218 g/mol. The molecule has 0 heterocycles. The molecule has 0 radical (unpaired) electrons. The third-order valence-electron chi connectivity index (χ3n) is 2.74. The maximum absolute atomic E-state index is 6.05. The quantitative estimate of drug-likeness (QED) is 0.806. The van der Waals surface area contributed by atoms with E-state index < -0.39 is 0 Å². The minimum absolute atomic E-state index is 0.445. The number of rotatable bonds is 5. The first-order valence-corrected chi connectivity index (χ1v) is 6.41. The summed E-state index contributed by atoms with van der Waals surface area (Å²) in [6.07, 6.45) is 1.16. The van der Waals surface area contributed by atoms with Crippen LogP contribution in [0.25, 0.3) is 0 Å². The van der Waals surface area contributed by atoms with Crippen LogP contribution in [0.4, 0.5) is 0 Å². The third-order valence-corrected chi connectivity index (χ3v) is 3.17. The molecule has 0 bridgehead atoms. The molecule has 0 aromatic heterocycles. The molecule has 1 N–H and O–H groups in total. The maximum atomic E-state index is 6.05. The third kappa shape index (κ3) is 3.80. The van der Waals surface area contributed by atoms with Gasteiger partial charge in [-0.15, -0.1) is 0 Å². The minimum atomic E-state index is 0.445. The number of aryl methyl sites for hydroxylation is 1. The minimum Gasteiger partial charge on any atom is -0.310 e. The summed E-state index contributed by atoms with van der Waals surface area (Å²) in [5, 5.41) is 4.38. The molecule has 1 nitrogen and oxygen atoms in total. The van der Waals surface area contributed by atoms with Crippen LogP contribution >= 0.6 is 11.6 Å². The molecular formula is C14H22ClN. The Hall–Kier alpha value is -0.530. The largest absolute Gasteiger partial charge is 0.310 e. The highest BCUT2D eigenvalue weighted by atomic mass is 35.5. The van der Waals surface area contributed by atoms with Crippen LogP contribution in [0, 0.1) is 12.8 Å². The summed E-state index contributed by atoms with van der Waals surface area (Å²) < 4.78 is 0. The Morgan fingerprint density at radius 3 is 2.50 bits per heavy atom. The highest BCUT2D eigenvalue weighted by Crippen LogP contribution is 2.25. The molecule has 1 aromatic rings. The molecule has 2 heteroatoms. The lowest BCUT2D eigenvalue weighted by Gasteiger charge is -2.21. The zero-order valence-electron chi connectivity index (χ0n) is 10.7. The van der Waals surface area contributed by atoms with Crippen LogP contribution < -0.4 is 5.32 Å². The molecule has 1 atom stereocenters. The second-order valence-corrected chi connectivity index (χ2v) is 5.16. The SMILES string of the molecule is CCNC(CC(C)C)c1ccc(Cl)c(C)c1. The van der Waals surface area contributed by atoms with E-state index in [0.29, 0.717) is 12.0 Å². The van der Waals surface area contributed by atoms with Gasteiger partial charge in [0, 0.05) is 11.1 Å². The molecule has 16 heavy (non-hydrogen) atoms. The van der Waals surface area contributed by atoms with Crippen molar-refractivity contribution in [3.63, 3.8) is 0 Å². The molecule has 0 fully saturated rings. The van der Waals surface area contributed by atoms with Gasteiger partial charge in [-0.2, -0.15) is 0 Å². The van der Waals surface area contributed by atoms with Gasteiger partial charge >= 0.3 is 0 Å². The van der Waals surface area contributed by atoms with Gasteiger partial charge in [0.15, 0.2) is 0 Å². The molecule has 0 aliphatic carbocycles. The van der Waals surface area contributed by atoms with Crippen LogP contribution in [0.3, 0.4) is 0 Å². The van der Waals surface area contributed by atoms with Crippen molar-refractivity contribution < 1.29 is 0 Å². The smallest absolute Gasteiger partial charge is 0.0435 e. The summed E-state index contributed by atoms with van der Waals surface area (Å²) in [5.41, 5.74) is 2.50. The van der Waals surface area contributed by atoms with Crippen LogP contribution in [-0.2, 0) is 0 Å².